The highest BCUT2D eigenvalue weighted by Crippen LogP contribution is 2.32. The molecule has 8 nitrogen and oxygen atoms in total. The minimum atomic E-state index is -4.55. The van der Waals surface area contributed by atoms with Crippen molar-refractivity contribution in [1.29, 1.82) is 0 Å². The molecule has 3 aromatic heterocycles. The number of anilines is 1. The number of furan rings is 1. The van der Waals surface area contributed by atoms with Crippen LogP contribution in [0.15, 0.2) is 62.7 Å². The number of halogens is 3. The van der Waals surface area contributed by atoms with Crippen LogP contribution in [0.2, 0.25) is 0 Å². The van der Waals surface area contributed by atoms with Gasteiger partial charge in [0.25, 0.3) is 10.0 Å². The molecule has 0 fully saturated rings. The predicted octanol–water partition coefficient (Wildman–Crippen LogP) is 4.02. The number of benzene rings is 1. The van der Waals surface area contributed by atoms with Crippen LogP contribution in [-0.4, -0.2) is 41.8 Å². The molecule has 3 heterocycles. The van der Waals surface area contributed by atoms with Gasteiger partial charge in [-0.05, 0) is 41.8 Å². The summed E-state index contributed by atoms with van der Waals surface area (Å²) < 4.78 is 72.3. The van der Waals surface area contributed by atoms with E-state index < -0.39 is 34.2 Å². The fourth-order valence-corrected chi connectivity index (χ4v) is 5.46. The molecular weight excluding hydrogens is 481 g/mol. The summed E-state index contributed by atoms with van der Waals surface area (Å²) in [6.07, 6.45) is -3.11. The van der Waals surface area contributed by atoms with Gasteiger partial charge in [0.15, 0.2) is 0 Å². The molecule has 13 heteroatoms. The number of imidazole rings is 1. The Kier molecular flexibility index (Phi) is 6.03. The number of nitrogens with zero attached hydrogens (tertiary/aromatic N) is 3. The summed E-state index contributed by atoms with van der Waals surface area (Å²) in [5, 5.41) is 4.11. The Hall–Kier alpha value is -3.16. The maximum absolute atomic E-state index is 13.1. The second-order valence-electron chi connectivity index (χ2n) is 7.04. The highest BCUT2D eigenvalue weighted by atomic mass is 32.2. The van der Waals surface area contributed by atoms with Crippen LogP contribution in [0.25, 0.3) is 11.0 Å². The monoisotopic (exact) mass is 498 g/mol. The molecule has 0 unspecified atom stereocenters. The summed E-state index contributed by atoms with van der Waals surface area (Å²) in [5.74, 6) is -0.251. The third-order valence-electron chi connectivity index (χ3n) is 4.75. The molecule has 1 amide bonds. The van der Waals surface area contributed by atoms with Crippen molar-refractivity contribution < 1.29 is 30.8 Å². The SMILES string of the molecule is CN(CC(=O)Nc1nc2cc(C(F)(F)F)ccc2n1Cc1ccco1)S(=O)(=O)c1cccs1. The smallest absolute Gasteiger partial charge is 0.416 e. The highest BCUT2D eigenvalue weighted by Gasteiger charge is 2.31. The van der Waals surface area contributed by atoms with Gasteiger partial charge >= 0.3 is 6.18 Å². The zero-order valence-electron chi connectivity index (χ0n) is 17.0. The lowest BCUT2D eigenvalue weighted by Crippen LogP contribution is -2.35. The molecule has 4 aromatic rings. The average Bonchev–Trinajstić information content (AvgIpc) is 3.49. The number of likely N-dealkylation sites (N-methyl/N-ethyl adjacent to an activating group) is 1. The number of fused-ring (bicyclic) bond motifs is 1. The van der Waals surface area contributed by atoms with E-state index in [1.807, 2.05) is 0 Å². The first-order valence-electron chi connectivity index (χ1n) is 9.45. The van der Waals surface area contributed by atoms with Crippen LogP contribution in [0.5, 0.6) is 0 Å². The minimum absolute atomic E-state index is 0.0197. The van der Waals surface area contributed by atoms with Crippen LogP contribution in [0.3, 0.4) is 0 Å². The predicted molar refractivity (Wildman–Crippen MR) is 115 cm³/mol. The summed E-state index contributed by atoms with van der Waals surface area (Å²) in [5.41, 5.74) is -0.516. The molecule has 33 heavy (non-hydrogen) atoms. The fraction of sp³-hybridized carbons (Fsp3) is 0.200. The number of nitrogens with one attached hydrogen (secondary N) is 1. The lowest BCUT2D eigenvalue weighted by atomic mass is 10.2. The molecule has 0 aliphatic rings. The number of alkyl halides is 3. The van der Waals surface area contributed by atoms with E-state index in [1.165, 1.54) is 30.0 Å². The van der Waals surface area contributed by atoms with E-state index in [-0.39, 0.29) is 22.2 Å². The van der Waals surface area contributed by atoms with E-state index in [0.29, 0.717) is 11.3 Å². The number of hydrogen-bond acceptors (Lipinski definition) is 6. The number of hydrogen-bond donors (Lipinski definition) is 1. The molecule has 1 N–H and O–H groups in total. The van der Waals surface area contributed by atoms with Gasteiger partial charge in [-0.25, -0.2) is 13.4 Å². The van der Waals surface area contributed by atoms with Crippen LogP contribution in [0.1, 0.15) is 11.3 Å². The second-order valence-corrected chi connectivity index (χ2v) is 10.3. The molecular formula is C20H17F3N4O4S2. The van der Waals surface area contributed by atoms with Crippen molar-refractivity contribution >= 4 is 44.2 Å². The van der Waals surface area contributed by atoms with Crippen LogP contribution in [-0.2, 0) is 27.5 Å². The third kappa shape index (κ3) is 4.79. The number of amides is 1. The maximum atomic E-state index is 13.1. The van der Waals surface area contributed by atoms with E-state index in [0.717, 1.165) is 27.8 Å². The Labute approximate surface area is 190 Å². The van der Waals surface area contributed by atoms with Gasteiger partial charge in [-0.15, -0.1) is 11.3 Å². The molecule has 1 aromatic carbocycles. The fourth-order valence-electron chi connectivity index (χ4n) is 3.14. The van der Waals surface area contributed by atoms with Gasteiger partial charge in [0, 0.05) is 7.05 Å². The van der Waals surface area contributed by atoms with Gasteiger partial charge in [0.05, 0.1) is 35.9 Å². The molecule has 0 bridgehead atoms. The van der Waals surface area contributed by atoms with Crippen molar-refractivity contribution in [2.24, 2.45) is 0 Å². The second kappa shape index (κ2) is 8.65. The average molecular weight is 499 g/mol. The molecule has 0 aliphatic carbocycles. The standard InChI is InChI=1S/C20H17F3N4O4S2/c1-26(33(29,30)18-5-3-9-32-18)12-17(28)25-19-24-15-10-13(20(21,22)23)6-7-16(15)27(19)11-14-4-2-8-31-14/h2-10H,11-12H2,1H3,(H,24,25,28). The Morgan fingerprint density at radius 2 is 2.03 bits per heavy atom. The van der Waals surface area contributed by atoms with Crippen LogP contribution < -0.4 is 5.32 Å². The van der Waals surface area contributed by atoms with Gasteiger partial charge in [0.2, 0.25) is 11.9 Å². The van der Waals surface area contributed by atoms with Gasteiger partial charge in [-0.2, -0.15) is 17.5 Å². The van der Waals surface area contributed by atoms with Crippen molar-refractivity contribution in [3.8, 4) is 0 Å². The lowest BCUT2D eigenvalue weighted by molar-refractivity contribution is -0.137. The Morgan fingerprint density at radius 1 is 1.24 bits per heavy atom. The number of thiophene rings is 1. The summed E-state index contributed by atoms with van der Waals surface area (Å²) in [6, 6.07) is 9.40. The molecule has 0 saturated carbocycles. The molecule has 4 rings (SSSR count). The molecule has 0 atom stereocenters. The van der Waals surface area contributed by atoms with Crippen molar-refractivity contribution in [3.63, 3.8) is 0 Å². The van der Waals surface area contributed by atoms with Crippen molar-refractivity contribution in [2.45, 2.75) is 16.9 Å². The van der Waals surface area contributed by atoms with Crippen LogP contribution in [0, 0.1) is 0 Å². The molecule has 0 aliphatic heterocycles. The zero-order valence-corrected chi connectivity index (χ0v) is 18.7. The molecule has 0 radical (unpaired) electrons. The Balaban J connectivity index is 1.63. The van der Waals surface area contributed by atoms with Crippen LogP contribution >= 0.6 is 11.3 Å². The maximum Gasteiger partial charge on any atom is 0.416 e. The quantitative estimate of drug-likeness (QED) is 0.415. The summed E-state index contributed by atoms with van der Waals surface area (Å²) >= 11 is 1.02. The largest absolute Gasteiger partial charge is 0.467 e. The highest BCUT2D eigenvalue weighted by molar-refractivity contribution is 7.91. The number of sulfonamides is 1. The molecule has 174 valence electrons. The van der Waals surface area contributed by atoms with Crippen molar-refractivity contribution in [2.75, 3.05) is 18.9 Å². The van der Waals surface area contributed by atoms with Crippen LogP contribution in [0.4, 0.5) is 19.1 Å². The molecule has 0 saturated heterocycles. The Bertz CT molecular complexity index is 1380. The van der Waals surface area contributed by atoms with Gasteiger partial charge in [-0.3, -0.25) is 10.1 Å². The topological polar surface area (TPSA) is 97.4 Å². The van der Waals surface area contributed by atoms with E-state index in [1.54, 1.807) is 23.6 Å². The number of aromatic nitrogens is 2. The van der Waals surface area contributed by atoms with E-state index in [9.17, 15) is 26.4 Å². The first-order chi connectivity index (χ1) is 15.6. The normalized spacial score (nSPS) is 12.5. The number of rotatable bonds is 7. The van der Waals surface area contributed by atoms with Gasteiger partial charge in [0.1, 0.15) is 9.97 Å². The van der Waals surface area contributed by atoms with E-state index in [4.69, 9.17) is 4.42 Å². The summed E-state index contributed by atoms with van der Waals surface area (Å²) in [6.45, 7) is -0.425. The first kappa shape index (κ1) is 23.0. The Morgan fingerprint density at radius 3 is 2.67 bits per heavy atom. The van der Waals surface area contributed by atoms with E-state index in [2.05, 4.69) is 10.3 Å². The summed E-state index contributed by atoms with van der Waals surface area (Å²) in [7, 11) is -2.60. The van der Waals surface area contributed by atoms with E-state index >= 15 is 0 Å². The first-order valence-corrected chi connectivity index (χ1v) is 11.8. The number of carbonyl (C=O) groups is 1. The third-order valence-corrected chi connectivity index (χ3v) is 7.92. The zero-order chi connectivity index (χ0) is 23.8. The van der Waals surface area contributed by atoms with Gasteiger partial charge in [-0.1, -0.05) is 6.07 Å². The lowest BCUT2D eigenvalue weighted by Gasteiger charge is -2.16. The van der Waals surface area contributed by atoms with Crippen molar-refractivity contribution in [1.82, 2.24) is 13.9 Å². The van der Waals surface area contributed by atoms with Gasteiger partial charge < -0.3 is 8.98 Å². The minimum Gasteiger partial charge on any atom is -0.467 e. The summed E-state index contributed by atoms with van der Waals surface area (Å²) in [4.78, 5) is 16.8. The van der Waals surface area contributed by atoms with Crippen molar-refractivity contribution in [3.05, 3.63) is 65.4 Å². The number of carbonyl (C=O) groups excluding carboxylic acids is 1. The molecule has 0 spiro atoms.